The standard InChI is InChI=1S/C16H22BrNO/c1-11(2)16(4-5-16)10-18-9-13-8-14(17)7-12-3-6-19-15(12)13/h7-8,11,18H,3-6,9-10H2,1-2H3. The summed E-state index contributed by atoms with van der Waals surface area (Å²) >= 11 is 3.60. The van der Waals surface area contributed by atoms with E-state index < -0.39 is 0 Å². The lowest BCUT2D eigenvalue weighted by Gasteiger charge is -2.20. The first-order valence-electron chi connectivity index (χ1n) is 7.25. The van der Waals surface area contributed by atoms with Crippen molar-refractivity contribution in [3.05, 3.63) is 27.7 Å². The average Bonchev–Trinajstić information content (AvgIpc) is 3.00. The number of ether oxygens (including phenoxy) is 1. The van der Waals surface area contributed by atoms with Gasteiger partial charge in [0, 0.05) is 29.5 Å². The molecule has 3 heteroatoms. The Morgan fingerprint density at radius 1 is 1.37 bits per heavy atom. The lowest BCUT2D eigenvalue weighted by molar-refractivity contribution is 0.332. The molecule has 1 heterocycles. The summed E-state index contributed by atoms with van der Waals surface area (Å²) in [7, 11) is 0. The van der Waals surface area contributed by atoms with Gasteiger partial charge in [-0.05, 0) is 41.9 Å². The molecule has 0 unspecified atom stereocenters. The van der Waals surface area contributed by atoms with Crippen molar-refractivity contribution in [2.24, 2.45) is 11.3 Å². The van der Waals surface area contributed by atoms with Gasteiger partial charge in [0.05, 0.1) is 6.61 Å². The first-order chi connectivity index (χ1) is 9.11. The van der Waals surface area contributed by atoms with Crippen molar-refractivity contribution in [3.63, 3.8) is 0 Å². The van der Waals surface area contributed by atoms with Gasteiger partial charge in [-0.3, -0.25) is 0 Å². The van der Waals surface area contributed by atoms with Crippen LogP contribution in [0.25, 0.3) is 0 Å². The molecule has 0 amide bonds. The van der Waals surface area contributed by atoms with Crippen LogP contribution in [0.2, 0.25) is 0 Å². The molecule has 3 rings (SSSR count). The molecular formula is C16H22BrNO. The highest BCUT2D eigenvalue weighted by Gasteiger charge is 2.44. The Kier molecular flexibility index (Phi) is 3.61. The Morgan fingerprint density at radius 2 is 2.16 bits per heavy atom. The predicted molar refractivity (Wildman–Crippen MR) is 81.6 cm³/mol. The Bertz CT molecular complexity index is 480. The van der Waals surface area contributed by atoms with E-state index in [-0.39, 0.29) is 0 Å². The van der Waals surface area contributed by atoms with Gasteiger partial charge < -0.3 is 10.1 Å². The third-order valence-corrected chi connectivity index (χ3v) is 5.19. The molecular weight excluding hydrogens is 302 g/mol. The second kappa shape index (κ2) is 5.10. The Morgan fingerprint density at radius 3 is 2.84 bits per heavy atom. The monoisotopic (exact) mass is 323 g/mol. The minimum atomic E-state index is 0.566. The van der Waals surface area contributed by atoms with E-state index >= 15 is 0 Å². The molecule has 1 N–H and O–H groups in total. The molecule has 0 aromatic heterocycles. The molecule has 1 fully saturated rings. The van der Waals surface area contributed by atoms with E-state index in [1.54, 1.807) is 0 Å². The minimum absolute atomic E-state index is 0.566. The molecule has 1 saturated carbocycles. The number of hydrogen-bond acceptors (Lipinski definition) is 2. The van der Waals surface area contributed by atoms with Crippen LogP contribution >= 0.6 is 15.9 Å². The average molecular weight is 324 g/mol. The summed E-state index contributed by atoms with van der Waals surface area (Å²) in [5.74, 6) is 1.90. The van der Waals surface area contributed by atoms with Gasteiger partial charge in [0.25, 0.3) is 0 Å². The van der Waals surface area contributed by atoms with Gasteiger partial charge in [-0.2, -0.15) is 0 Å². The number of nitrogens with one attached hydrogen (secondary N) is 1. The maximum atomic E-state index is 5.77. The molecule has 104 valence electrons. The van der Waals surface area contributed by atoms with Gasteiger partial charge in [0.15, 0.2) is 0 Å². The number of halogens is 1. The van der Waals surface area contributed by atoms with Gasteiger partial charge in [-0.25, -0.2) is 0 Å². The van der Waals surface area contributed by atoms with E-state index in [1.807, 2.05) is 0 Å². The lowest BCUT2D eigenvalue weighted by Crippen LogP contribution is -2.27. The summed E-state index contributed by atoms with van der Waals surface area (Å²) in [6, 6.07) is 4.37. The number of hydrogen-bond donors (Lipinski definition) is 1. The fourth-order valence-corrected chi connectivity index (χ4v) is 3.59. The molecule has 0 atom stereocenters. The van der Waals surface area contributed by atoms with Crippen LogP contribution in [-0.4, -0.2) is 13.2 Å². The van der Waals surface area contributed by atoms with E-state index in [2.05, 4.69) is 47.2 Å². The maximum absolute atomic E-state index is 5.77. The maximum Gasteiger partial charge on any atom is 0.127 e. The van der Waals surface area contributed by atoms with Crippen molar-refractivity contribution in [1.29, 1.82) is 0 Å². The van der Waals surface area contributed by atoms with Crippen molar-refractivity contribution in [2.75, 3.05) is 13.2 Å². The molecule has 0 bridgehead atoms. The summed E-state index contributed by atoms with van der Waals surface area (Å²) in [4.78, 5) is 0. The van der Waals surface area contributed by atoms with Crippen molar-refractivity contribution in [3.8, 4) is 5.75 Å². The highest BCUT2D eigenvalue weighted by Crippen LogP contribution is 2.51. The van der Waals surface area contributed by atoms with Gasteiger partial charge >= 0.3 is 0 Å². The number of benzene rings is 1. The van der Waals surface area contributed by atoms with Gasteiger partial charge in [-0.15, -0.1) is 0 Å². The van der Waals surface area contributed by atoms with Crippen molar-refractivity contribution in [1.82, 2.24) is 5.32 Å². The third-order valence-electron chi connectivity index (χ3n) is 4.73. The molecule has 0 spiro atoms. The lowest BCUT2D eigenvalue weighted by atomic mass is 9.92. The molecule has 1 aliphatic carbocycles. The number of rotatable bonds is 5. The van der Waals surface area contributed by atoms with E-state index in [0.29, 0.717) is 5.41 Å². The van der Waals surface area contributed by atoms with Crippen molar-refractivity contribution < 1.29 is 4.74 Å². The first kappa shape index (κ1) is 13.4. The van der Waals surface area contributed by atoms with Crippen molar-refractivity contribution >= 4 is 15.9 Å². The SMILES string of the molecule is CC(C)C1(CNCc2cc(Br)cc3c2OCC3)CC1. The quantitative estimate of drug-likeness (QED) is 0.887. The number of fused-ring (bicyclic) bond motifs is 1. The van der Waals surface area contributed by atoms with Crippen LogP contribution in [0.3, 0.4) is 0 Å². The van der Waals surface area contributed by atoms with Crippen LogP contribution in [0.5, 0.6) is 5.75 Å². The molecule has 19 heavy (non-hydrogen) atoms. The van der Waals surface area contributed by atoms with Crippen LogP contribution in [0, 0.1) is 11.3 Å². The van der Waals surface area contributed by atoms with Crippen LogP contribution in [0.1, 0.15) is 37.8 Å². The minimum Gasteiger partial charge on any atom is -0.493 e. The molecule has 2 aliphatic rings. The summed E-state index contributed by atoms with van der Waals surface area (Å²) in [5, 5.41) is 3.64. The first-order valence-corrected chi connectivity index (χ1v) is 8.05. The molecule has 0 saturated heterocycles. The van der Waals surface area contributed by atoms with Crippen LogP contribution in [0.4, 0.5) is 0 Å². The zero-order valence-electron chi connectivity index (χ0n) is 11.8. The van der Waals surface area contributed by atoms with Gasteiger partial charge in [0.2, 0.25) is 0 Å². The highest BCUT2D eigenvalue weighted by atomic mass is 79.9. The van der Waals surface area contributed by atoms with E-state index in [0.717, 1.165) is 37.8 Å². The van der Waals surface area contributed by atoms with Crippen LogP contribution < -0.4 is 10.1 Å². The fourth-order valence-electron chi connectivity index (χ4n) is 3.04. The molecule has 2 nitrogen and oxygen atoms in total. The second-order valence-electron chi connectivity index (χ2n) is 6.27. The Balaban J connectivity index is 1.65. The molecule has 1 aliphatic heterocycles. The second-order valence-corrected chi connectivity index (χ2v) is 7.19. The highest BCUT2D eigenvalue weighted by molar-refractivity contribution is 9.10. The van der Waals surface area contributed by atoms with Crippen LogP contribution in [0.15, 0.2) is 16.6 Å². The topological polar surface area (TPSA) is 21.3 Å². The summed E-state index contributed by atoms with van der Waals surface area (Å²) < 4.78 is 6.93. The van der Waals surface area contributed by atoms with Crippen LogP contribution in [-0.2, 0) is 13.0 Å². The smallest absolute Gasteiger partial charge is 0.127 e. The molecule has 0 radical (unpaired) electrons. The summed E-state index contributed by atoms with van der Waals surface area (Å²) in [6.07, 6.45) is 3.80. The van der Waals surface area contributed by atoms with Gasteiger partial charge in [0.1, 0.15) is 5.75 Å². The molecule has 1 aromatic rings. The Hall–Kier alpha value is -0.540. The Labute approximate surface area is 124 Å². The zero-order chi connectivity index (χ0) is 13.5. The summed E-state index contributed by atoms with van der Waals surface area (Å²) in [5.41, 5.74) is 3.20. The largest absolute Gasteiger partial charge is 0.493 e. The normalized spacial score (nSPS) is 19.4. The van der Waals surface area contributed by atoms with E-state index in [4.69, 9.17) is 4.74 Å². The van der Waals surface area contributed by atoms with E-state index in [9.17, 15) is 0 Å². The third kappa shape index (κ3) is 2.68. The van der Waals surface area contributed by atoms with Crippen molar-refractivity contribution in [2.45, 2.75) is 39.7 Å². The molecule has 1 aromatic carbocycles. The van der Waals surface area contributed by atoms with E-state index in [1.165, 1.54) is 28.4 Å². The zero-order valence-corrected chi connectivity index (χ0v) is 13.3. The predicted octanol–water partition coefficient (Wildman–Crippen LogP) is 3.91. The fraction of sp³-hybridized carbons (Fsp3) is 0.625. The van der Waals surface area contributed by atoms with Gasteiger partial charge in [-0.1, -0.05) is 29.8 Å². The summed E-state index contributed by atoms with van der Waals surface area (Å²) in [6.45, 7) is 7.56.